The van der Waals surface area contributed by atoms with Crippen molar-refractivity contribution in [3.63, 3.8) is 0 Å². The van der Waals surface area contributed by atoms with Crippen molar-refractivity contribution in [2.75, 3.05) is 20.1 Å². The van der Waals surface area contributed by atoms with Crippen LogP contribution in [0.3, 0.4) is 0 Å². The van der Waals surface area contributed by atoms with Crippen LogP contribution in [0.2, 0.25) is 0 Å². The fourth-order valence-electron chi connectivity index (χ4n) is 3.71. The predicted octanol–water partition coefficient (Wildman–Crippen LogP) is 3.62. The third-order valence-electron chi connectivity index (χ3n) is 5.06. The van der Waals surface area contributed by atoms with Gasteiger partial charge in [-0.1, -0.05) is 55.5 Å². The molecule has 1 aromatic carbocycles. The van der Waals surface area contributed by atoms with Crippen LogP contribution >= 0.6 is 0 Å². The highest BCUT2D eigenvalue weighted by atomic mass is 15.2. The number of hydrogen-bond donors (Lipinski definition) is 1. The molecule has 2 aliphatic rings. The van der Waals surface area contributed by atoms with Crippen molar-refractivity contribution in [1.82, 2.24) is 10.2 Å². The minimum absolute atomic E-state index is 0.563. The molecule has 0 bridgehead atoms. The van der Waals surface area contributed by atoms with Crippen LogP contribution in [0, 0.1) is 11.8 Å². The summed E-state index contributed by atoms with van der Waals surface area (Å²) in [6.07, 6.45) is 9.75. The van der Waals surface area contributed by atoms with Crippen molar-refractivity contribution in [1.29, 1.82) is 0 Å². The normalized spacial score (nSPS) is 29.4. The molecule has 1 aromatic rings. The number of nitrogens with one attached hydrogen (secondary N) is 1. The first-order valence-electron chi connectivity index (χ1n) is 8.58. The highest BCUT2D eigenvalue weighted by molar-refractivity contribution is 5.27. The molecule has 1 aliphatic carbocycles. The molecule has 1 fully saturated rings. The fourth-order valence-corrected chi connectivity index (χ4v) is 3.71. The van der Waals surface area contributed by atoms with Gasteiger partial charge in [0.15, 0.2) is 0 Å². The number of likely N-dealkylation sites (tertiary alicyclic amines) is 1. The van der Waals surface area contributed by atoms with Crippen molar-refractivity contribution in [3.8, 4) is 0 Å². The zero-order valence-electron chi connectivity index (χ0n) is 13.8. The van der Waals surface area contributed by atoms with E-state index in [2.05, 4.69) is 72.7 Å². The Bertz CT molecular complexity index is 532. The monoisotopic (exact) mass is 296 g/mol. The molecule has 0 saturated carbocycles. The first kappa shape index (κ1) is 15.5. The third kappa shape index (κ3) is 3.68. The summed E-state index contributed by atoms with van der Waals surface area (Å²) in [4.78, 5) is 2.59. The summed E-state index contributed by atoms with van der Waals surface area (Å²) in [5, 5.41) is 3.54. The van der Waals surface area contributed by atoms with Crippen molar-refractivity contribution < 1.29 is 0 Å². The van der Waals surface area contributed by atoms with Gasteiger partial charge in [-0.05, 0) is 36.9 Å². The van der Waals surface area contributed by atoms with Crippen LogP contribution in [0.5, 0.6) is 0 Å². The molecule has 0 aromatic heterocycles. The Morgan fingerprint density at radius 1 is 1.18 bits per heavy atom. The van der Waals surface area contributed by atoms with Crippen LogP contribution < -0.4 is 5.32 Å². The second-order valence-corrected chi connectivity index (χ2v) is 6.80. The Morgan fingerprint density at radius 3 is 2.77 bits per heavy atom. The molecule has 2 heteroatoms. The van der Waals surface area contributed by atoms with E-state index in [9.17, 15) is 0 Å². The van der Waals surface area contributed by atoms with Gasteiger partial charge >= 0.3 is 0 Å². The van der Waals surface area contributed by atoms with Gasteiger partial charge in [-0.2, -0.15) is 0 Å². The summed E-state index contributed by atoms with van der Waals surface area (Å²) in [5.41, 5.74) is 2.95. The first-order chi connectivity index (χ1) is 10.8. The Labute approximate surface area is 134 Å². The lowest BCUT2D eigenvalue weighted by atomic mass is 9.93. The summed E-state index contributed by atoms with van der Waals surface area (Å²) < 4.78 is 0. The second kappa shape index (κ2) is 7.26. The average molecular weight is 296 g/mol. The van der Waals surface area contributed by atoms with E-state index in [0.29, 0.717) is 17.9 Å². The topological polar surface area (TPSA) is 15.3 Å². The molecule has 0 radical (unpaired) electrons. The molecular formula is C20H28N2. The lowest BCUT2D eigenvalue weighted by molar-refractivity contribution is 0.318. The van der Waals surface area contributed by atoms with Crippen LogP contribution in [-0.4, -0.2) is 31.1 Å². The fraction of sp³-hybridized carbons (Fsp3) is 0.500. The summed E-state index contributed by atoms with van der Waals surface area (Å²) in [6, 6.07) is 11.4. The van der Waals surface area contributed by atoms with Gasteiger partial charge in [0.05, 0.1) is 0 Å². The maximum atomic E-state index is 3.54. The van der Waals surface area contributed by atoms with E-state index in [1.165, 1.54) is 18.4 Å². The van der Waals surface area contributed by atoms with Crippen molar-refractivity contribution >= 4 is 0 Å². The van der Waals surface area contributed by atoms with Gasteiger partial charge in [-0.25, -0.2) is 0 Å². The highest BCUT2D eigenvalue weighted by Crippen LogP contribution is 2.29. The van der Waals surface area contributed by atoms with Gasteiger partial charge in [0, 0.05) is 31.6 Å². The van der Waals surface area contributed by atoms with Crippen LogP contribution in [0.15, 0.2) is 54.1 Å². The number of likely N-dealkylation sites (N-methyl/N-ethyl adjacent to an activating group) is 1. The molecule has 2 nitrogen and oxygen atoms in total. The van der Waals surface area contributed by atoms with E-state index in [4.69, 9.17) is 0 Å². The summed E-state index contributed by atoms with van der Waals surface area (Å²) in [5.74, 6) is 1.33. The molecule has 0 amide bonds. The SMILES string of the molecule is CNC1CN(Cc2ccccc2)CC1C1=CCCC(C)C=C1. The molecule has 1 saturated heterocycles. The lowest BCUT2D eigenvalue weighted by Gasteiger charge is -2.18. The van der Waals surface area contributed by atoms with Gasteiger partial charge in [-0.15, -0.1) is 0 Å². The van der Waals surface area contributed by atoms with E-state index in [-0.39, 0.29) is 0 Å². The quantitative estimate of drug-likeness (QED) is 0.913. The van der Waals surface area contributed by atoms with E-state index < -0.39 is 0 Å². The average Bonchev–Trinajstić information content (AvgIpc) is 2.81. The predicted molar refractivity (Wildman–Crippen MR) is 93.7 cm³/mol. The van der Waals surface area contributed by atoms with Crippen molar-refractivity contribution in [3.05, 3.63) is 59.7 Å². The van der Waals surface area contributed by atoms with E-state index >= 15 is 0 Å². The van der Waals surface area contributed by atoms with Crippen molar-refractivity contribution in [2.45, 2.75) is 32.4 Å². The minimum Gasteiger partial charge on any atom is -0.315 e. The lowest BCUT2D eigenvalue weighted by Crippen LogP contribution is -2.34. The molecule has 118 valence electrons. The molecule has 3 rings (SSSR count). The van der Waals surface area contributed by atoms with Gasteiger partial charge in [0.2, 0.25) is 0 Å². The summed E-state index contributed by atoms with van der Waals surface area (Å²) in [6.45, 7) is 5.67. The smallest absolute Gasteiger partial charge is 0.0272 e. The number of allylic oxidation sites excluding steroid dienone is 3. The molecular weight excluding hydrogens is 268 g/mol. The molecule has 1 N–H and O–H groups in total. The molecule has 0 spiro atoms. The van der Waals surface area contributed by atoms with E-state index in [0.717, 1.165) is 19.6 Å². The molecule has 1 aliphatic heterocycles. The molecule has 22 heavy (non-hydrogen) atoms. The zero-order valence-corrected chi connectivity index (χ0v) is 13.8. The maximum Gasteiger partial charge on any atom is 0.0272 e. The Kier molecular flexibility index (Phi) is 5.12. The van der Waals surface area contributed by atoms with Crippen molar-refractivity contribution in [2.24, 2.45) is 11.8 Å². The number of nitrogens with zero attached hydrogens (tertiary/aromatic N) is 1. The maximum absolute atomic E-state index is 3.54. The Balaban J connectivity index is 1.69. The van der Waals surface area contributed by atoms with Crippen LogP contribution in [-0.2, 0) is 6.54 Å². The van der Waals surface area contributed by atoms with Gasteiger partial charge in [0.1, 0.15) is 0 Å². The molecule has 3 unspecified atom stereocenters. The minimum atomic E-state index is 0.563. The Hall–Kier alpha value is -1.38. The summed E-state index contributed by atoms with van der Waals surface area (Å²) >= 11 is 0. The first-order valence-corrected chi connectivity index (χ1v) is 8.58. The zero-order chi connectivity index (χ0) is 15.4. The number of benzene rings is 1. The molecule has 3 atom stereocenters. The van der Waals surface area contributed by atoms with Crippen LogP contribution in [0.25, 0.3) is 0 Å². The van der Waals surface area contributed by atoms with Gasteiger partial charge in [0.25, 0.3) is 0 Å². The second-order valence-electron chi connectivity index (χ2n) is 6.80. The standard InChI is InChI=1S/C20H28N2/c1-16-7-6-10-18(12-11-16)19-14-22(15-20(19)21-2)13-17-8-4-3-5-9-17/h3-5,8-12,16,19-21H,6-7,13-15H2,1-2H3. The largest absolute Gasteiger partial charge is 0.315 e. The van der Waals surface area contributed by atoms with E-state index in [1.54, 1.807) is 5.57 Å². The van der Waals surface area contributed by atoms with Gasteiger partial charge < -0.3 is 5.32 Å². The Morgan fingerprint density at radius 2 is 2.00 bits per heavy atom. The van der Waals surface area contributed by atoms with Crippen LogP contribution in [0.1, 0.15) is 25.3 Å². The highest BCUT2D eigenvalue weighted by Gasteiger charge is 2.33. The van der Waals surface area contributed by atoms with Crippen LogP contribution in [0.4, 0.5) is 0 Å². The summed E-state index contributed by atoms with van der Waals surface area (Å²) in [7, 11) is 2.10. The number of rotatable bonds is 4. The van der Waals surface area contributed by atoms with Gasteiger partial charge in [-0.3, -0.25) is 4.90 Å². The molecule has 1 heterocycles. The third-order valence-corrected chi connectivity index (χ3v) is 5.06. The number of hydrogen-bond acceptors (Lipinski definition) is 2. The van der Waals surface area contributed by atoms with E-state index in [1.807, 2.05) is 0 Å².